The Balaban J connectivity index is 1.61. The molecule has 2 aromatic rings. The molecular weight excluding hydrogens is 238 g/mol. The first-order valence-electron chi connectivity index (χ1n) is 6.72. The van der Waals surface area contributed by atoms with Crippen LogP contribution < -0.4 is 5.32 Å². The van der Waals surface area contributed by atoms with E-state index in [1.165, 1.54) is 11.1 Å². The maximum absolute atomic E-state index is 5.36. The normalized spacial score (nSPS) is 18.7. The van der Waals surface area contributed by atoms with Crippen molar-refractivity contribution in [1.29, 1.82) is 0 Å². The average molecular weight is 257 g/mol. The quantitative estimate of drug-likeness (QED) is 0.914. The summed E-state index contributed by atoms with van der Waals surface area (Å²) in [7, 11) is 0. The van der Waals surface area contributed by atoms with Crippen molar-refractivity contribution in [2.45, 2.75) is 25.9 Å². The fourth-order valence-electron chi connectivity index (χ4n) is 2.33. The van der Waals surface area contributed by atoms with Crippen LogP contribution in [0.25, 0.3) is 0 Å². The van der Waals surface area contributed by atoms with Crippen LogP contribution in [0.3, 0.4) is 0 Å². The van der Waals surface area contributed by atoms with Gasteiger partial charge >= 0.3 is 0 Å². The minimum absolute atomic E-state index is 0.458. The van der Waals surface area contributed by atoms with Gasteiger partial charge in [-0.15, -0.1) is 0 Å². The lowest BCUT2D eigenvalue weighted by molar-refractivity contribution is 0.195. The van der Waals surface area contributed by atoms with Gasteiger partial charge in [0.05, 0.1) is 25.4 Å². The molecule has 0 saturated carbocycles. The Morgan fingerprint density at radius 3 is 2.84 bits per heavy atom. The predicted octanol–water partition coefficient (Wildman–Crippen LogP) is 2.44. The topological polar surface area (TPSA) is 39.1 Å². The molecule has 1 aromatic heterocycles. The molecule has 0 bridgehead atoms. The molecule has 3 rings (SSSR count). The number of nitrogens with zero attached hydrogens (tertiary/aromatic N) is 2. The molecule has 0 aliphatic carbocycles. The van der Waals surface area contributed by atoms with Gasteiger partial charge in [0.2, 0.25) is 0 Å². The average Bonchev–Trinajstić information content (AvgIpc) is 3.04. The van der Waals surface area contributed by atoms with Gasteiger partial charge in [-0.3, -0.25) is 4.68 Å². The minimum Gasteiger partial charge on any atom is -0.380 e. The highest BCUT2D eigenvalue weighted by atomic mass is 16.5. The molecule has 1 N–H and O–H groups in total. The Morgan fingerprint density at radius 2 is 2.21 bits per heavy atom. The Morgan fingerprint density at radius 1 is 1.37 bits per heavy atom. The van der Waals surface area contributed by atoms with Crippen molar-refractivity contribution >= 4 is 5.69 Å². The number of hydrogen-bond acceptors (Lipinski definition) is 3. The molecule has 1 saturated heterocycles. The van der Waals surface area contributed by atoms with Gasteiger partial charge in [0.25, 0.3) is 0 Å². The number of anilines is 1. The SMILES string of the molecule is Cc1cnn(Cc2ccc(N[C@@H]3CCOC3)cc2)c1. The molecule has 0 amide bonds. The maximum Gasteiger partial charge on any atom is 0.0668 e. The Kier molecular flexibility index (Phi) is 3.51. The Hall–Kier alpha value is -1.81. The van der Waals surface area contributed by atoms with E-state index >= 15 is 0 Å². The smallest absolute Gasteiger partial charge is 0.0668 e. The molecule has 0 unspecified atom stereocenters. The first kappa shape index (κ1) is 12.2. The molecule has 1 aliphatic heterocycles. The van der Waals surface area contributed by atoms with Crippen molar-refractivity contribution in [3.05, 3.63) is 47.8 Å². The third-order valence-electron chi connectivity index (χ3n) is 3.36. The highest BCUT2D eigenvalue weighted by Crippen LogP contribution is 2.15. The highest BCUT2D eigenvalue weighted by molar-refractivity contribution is 5.45. The summed E-state index contributed by atoms with van der Waals surface area (Å²) >= 11 is 0. The molecular formula is C15H19N3O. The van der Waals surface area contributed by atoms with Crippen LogP contribution in [0.15, 0.2) is 36.7 Å². The Labute approximate surface area is 113 Å². The van der Waals surface area contributed by atoms with Gasteiger partial charge in [-0.25, -0.2) is 0 Å². The van der Waals surface area contributed by atoms with Crippen LogP contribution in [0.5, 0.6) is 0 Å². The number of rotatable bonds is 4. The van der Waals surface area contributed by atoms with Gasteiger partial charge in [-0.2, -0.15) is 5.10 Å². The number of aromatic nitrogens is 2. The van der Waals surface area contributed by atoms with Gasteiger partial charge in [-0.05, 0) is 36.6 Å². The summed E-state index contributed by atoms with van der Waals surface area (Å²) in [5.41, 5.74) is 3.62. The minimum atomic E-state index is 0.458. The second kappa shape index (κ2) is 5.45. The zero-order chi connectivity index (χ0) is 13.1. The molecule has 100 valence electrons. The van der Waals surface area contributed by atoms with E-state index in [9.17, 15) is 0 Å². The van der Waals surface area contributed by atoms with Crippen LogP contribution in [0.1, 0.15) is 17.5 Å². The fourth-order valence-corrected chi connectivity index (χ4v) is 2.33. The molecule has 1 atom stereocenters. The first-order valence-corrected chi connectivity index (χ1v) is 6.72. The summed E-state index contributed by atoms with van der Waals surface area (Å²) in [6.45, 7) is 4.56. The van der Waals surface area contributed by atoms with Gasteiger partial charge < -0.3 is 10.1 Å². The maximum atomic E-state index is 5.36. The zero-order valence-electron chi connectivity index (χ0n) is 11.2. The summed E-state index contributed by atoms with van der Waals surface area (Å²) < 4.78 is 7.32. The largest absolute Gasteiger partial charge is 0.380 e. The van der Waals surface area contributed by atoms with E-state index < -0.39 is 0 Å². The highest BCUT2D eigenvalue weighted by Gasteiger charge is 2.14. The number of nitrogens with one attached hydrogen (secondary N) is 1. The molecule has 1 fully saturated rings. The van der Waals surface area contributed by atoms with Gasteiger partial charge in [0, 0.05) is 18.5 Å². The van der Waals surface area contributed by atoms with E-state index in [4.69, 9.17) is 4.74 Å². The standard InChI is InChI=1S/C15H19N3O/c1-12-8-16-18(9-12)10-13-2-4-14(5-3-13)17-15-6-7-19-11-15/h2-5,8-9,15,17H,6-7,10-11H2,1H3/t15-/m1/s1. The van der Waals surface area contributed by atoms with Gasteiger partial charge in [-0.1, -0.05) is 12.1 Å². The van der Waals surface area contributed by atoms with Crippen LogP contribution in [0, 0.1) is 6.92 Å². The van der Waals surface area contributed by atoms with Crippen LogP contribution in [-0.2, 0) is 11.3 Å². The molecule has 4 heteroatoms. The van der Waals surface area contributed by atoms with Crippen LogP contribution >= 0.6 is 0 Å². The van der Waals surface area contributed by atoms with Crippen molar-refractivity contribution in [3.63, 3.8) is 0 Å². The number of ether oxygens (including phenoxy) is 1. The first-order chi connectivity index (χ1) is 9.29. The molecule has 0 spiro atoms. The van der Waals surface area contributed by atoms with E-state index in [1.807, 2.05) is 10.9 Å². The van der Waals surface area contributed by atoms with Gasteiger partial charge in [0.15, 0.2) is 0 Å². The third-order valence-corrected chi connectivity index (χ3v) is 3.36. The van der Waals surface area contributed by atoms with Crippen molar-refractivity contribution < 1.29 is 4.74 Å². The van der Waals surface area contributed by atoms with Crippen LogP contribution in [0.2, 0.25) is 0 Å². The number of hydrogen-bond donors (Lipinski definition) is 1. The lowest BCUT2D eigenvalue weighted by Gasteiger charge is -2.12. The van der Waals surface area contributed by atoms with Crippen LogP contribution in [0.4, 0.5) is 5.69 Å². The number of aryl methyl sites for hydroxylation is 1. The van der Waals surface area contributed by atoms with Gasteiger partial charge in [0.1, 0.15) is 0 Å². The molecule has 1 aliphatic rings. The van der Waals surface area contributed by atoms with Crippen molar-refractivity contribution in [3.8, 4) is 0 Å². The zero-order valence-corrected chi connectivity index (χ0v) is 11.2. The summed E-state index contributed by atoms with van der Waals surface area (Å²) in [5, 5.41) is 7.79. The molecule has 0 radical (unpaired) electrons. The van der Waals surface area contributed by atoms with E-state index in [0.717, 1.165) is 31.9 Å². The summed E-state index contributed by atoms with van der Waals surface area (Å²) in [5.74, 6) is 0. The third kappa shape index (κ3) is 3.15. The van der Waals surface area contributed by atoms with Crippen LogP contribution in [-0.4, -0.2) is 29.0 Å². The Bertz CT molecular complexity index is 527. The fraction of sp³-hybridized carbons (Fsp3) is 0.400. The van der Waals surface area contributed by atoms with Crippen molar-refractivity contribution in [2.75, 3.05) is 18.5 Å². The summed E-state index contributed by atoms with van der Waals surface area (Å²) in [6, 6.07) is 9.01. The van der Waals surface area contributed by atoms with E-state index in [2.05, 4.69) is 47.8 Å². The van der Waals surface area contributed by atoms with E-state index in [1.54, 1.807) is 0 Å². The molecule has 19 heavy (non-hydrogen) atoms. The summed E-state index contributed by atoms with van der Waals surface area (Å²) in [4.78, 5) is 0. The van der Waals surface area contributed by atoms with E-state index in [0.29, 0.717) is 6.04 Å². The summed E-state index contributed by atoms with van der Waals surface area (Å²) in [6.07, 6.45) is 5.03. The second-order valence-electron chi connectivity index (χ2n) is 5.12. The monoisotopic (exact) mass is 257 g/mol. The lowest BCUT2D eigenvalue weighted by atomic mass is 10.2. The number of benzene rings is 1. The molecule has 2 heterocycles. The van der Waals surface area contributed by atoms with Crippen molar-refractivity contribution in [1.82, 2.24) is 9.78 Å². The molecule has 4 nitrogen and oxygen atoms in total. The van der Waals surface area contributed by atoms with E-state index in [-0.39, 0.29) is 0 Å². The lowest BCUT2D eigenvalue weighted by Crippen LogP contribution is -2.18. The predicted molar refractivity (Wildman–Crippen MR) is 75.4 cm³/mol. The van der Waals surface area contributed by atoms with Crippen molar-refractivity contribution in [2.24, 2.45) is 0 Å². The molecule has 1 aromatic carbocycles. The second-order valence-corrected chi connectivity index (χ2v) is 5.12.